The van der Waals surface area contributed by atoms with Crippen molar-refractivity contribution in [2.45, 2.75) is 52.2 Å². The van der Waals surface area contributed by atoms with Crippen LogP contribution in [-0.2, 0) is 20.8 Å². The molecule has 0 saturated carbocycles. The van der Waals surface area contributed by atoms with E-state index in [1.165, 1.54) is 0 Å². The van der Waals surface area contributed by atoms with Crippen LogP contribution in [0.5, 0.6) is 0 Å². The summed E-state index contributed by atoms with van der Waals surface area (Å²) in [5.74, 6) is -0.182. The molecule has 136 valence electrons. The van der Waals surface area contributed by atoms with Crippen molar-refractivity contribution in [3.8, 4) is 0 Å². The number of ether oxygens (including phenoxy) is 2. The lowest BCUT2D eigenvalue weighted by atomic mass is 10.1. The molecule has 1 aromatic heterocycles. The van der Waals surface area contributed by atoms with Crippen molar-refractivity contribution in [1.82, 2.24) is 15.1 Å². The number of anilines is 1. The summed E-state index contributed by atoms with van der Waals surface area (Å²) in [5, 5.41) is 10.9. The summed E-state index contributed by atoms with van der Waals surface area (Å²) in [7, 11) is 1.71. The summed E-state index contributed by atoms with van der Waals surface area (Å²) in [6, 6.07) is 0. The first kappa shape index (κ1) is 20.4. The second-order valence-electron chi connectivity index (χ2n) is 6.00. The van der Waals surface area contributed by atoms with Crippen LogP contribution in [0.1, 0.15) is 40.0 Å². The van der Waals surface area contributed by atoms with E-state index in [1.54, 1.807) is 20.2 Å². The minimum absolute atomic E-state index is 0.171. The smallest absolute Gasteiger partial charge is 0.305 e. The van der Waals surface area contributed by atoms with Gasteiger partial charge >= 0.3 is 5.97 Å². The maximum absolute atomic E-state index is 11.2. The Morgan fingerprint density at radius 1 is 1.46 bits per heavy atom. The van der Waals surface area contributed by atoms with Crippen molar-refractivity contribution in [3.63, 3.8) is 0 Å². The summed E-state index contributed by atoms with van der Waals surface area (Å²) in [4.78, 5) is 11.2. The number of aromatic nitrogens is 2. The van der Waals surface area contributed by atoms with Gasteiger partial charge in [-0.2, -0.15) is 5.10 Å². The SMILES string of the molecule is CCOC(=O)CCCNC(=S)Nc1cnn(CCC(C)(C)OC)c1. The highest BCUT2D eigenvalue weighted by Gasteiger charge is 2.16. The zero-order valence-electron chi connectivity index (χ0n) is 14.9. The number of aryl methyl sites for hydroxylation is 1. The van der Waals surface area contributed by atoms with Crippen LogP contribution in [0.2, 0.25) is 0 Å². The van der Waals surface area contributed by atoms with Gasteiger partial charge in [0.25, 0.3) is 0 Å². The molecule has 0 aliphatic carbocycles. The van der Waals surface area contributed by atoms with Gasteiger partial charge in [-0.05, 0) is 45.8 Å². The maximum atomic E-state index is 11.2. The van der Waals surface area contributed by atoms with E-state index in [-0.39, 0.29) is 11.6 Å². The van der Waals surface area contributed by atoms with Crippen molar-refractivity contribution in [1.29, 1.82) is 0 Å². The normalized spacial score (nSPS) is 11.2. The number of carbonyl (C=O) groups is 1. The average molecular weight is 356 g/mol. The number of rotatable bonds is 10. The van der Waals surface area contributed by atoms with Gasteiger partial charge in [-0.3, -0.25) is 9.48 Å². The van der Waals surface area contributed by atoms with E-state index in [0.717, 1.165) is 18.7 Å². The van der Waals surface area contributed by atoms with E-state index >= 15 is 0 Å². The minimum atomic E-state index is -0.182. The van der Waals surface area contributed by atoms with Gasteiger partial charge in [0, 0.05) is 32.8 Å². The zero-order chi connectivity index (χ0) is 18.0. The molecule has 1 rings (SSSR count). The van der Waals surface area contributed by atoms with Crippen LogP contribution in [0, 0.1) is 0 Å². The molecule has 0 amide bonds. The van der Waals surface area contributed by atoms with Crippen LogP contribution in [0.3, 0.4) is 0 Å². The van der Waals surface area contributed by atoms with Gasteiger partial charge in [0.15, 0.2) is 5.11 Å². The Bertz CT molecular complexity index is 531. The van der Waals surface area contributed by atoms with Crippen molar-refractivity contribution < 1.29 is 14.3 Å². The van der Waals surface area contributed by atoms with E-state index < -0.39 is 0 Å². The lowest BCUT2D eigenvalue weighted by Gasteiger charge is -2.22. The van der Waals surface area contributed by atoms with E-state index in [0.29, 0.717) is 31.1 Å². The Morgan fingerprint density at radius 3 is 2.88 bits per heavy atom. The summed E-state index contributed by atoms with van der Waals surface area (Å²) in [5.41, 5.74) is 0.656. The number of esters is 1. The summed E-state index contributed by atoms with van der Waals surface area (Å²) < 4.78 is 12.1. The molecule has 0 radical (unpaired) electrons. The van der Waals surface area contributed by atoms with Crippen LogP contribution in [0.25, 0.3) is 0 Å². The van der Waals surface area contributed by atoms with Crippen LogP contribution in [-0.4, -0.2) is 46.7 Å². The molecular formula is C16H28N4O3S. The van der Waals surface area contributed by atoms with Crippen LogP contribution in [0.15, 0.2) is 12.4 Å². The average Bonchev–Trinajstić information content (AvgIpc) is 2.97. The third kappa shape index (κ3) is 8.26. The molecule has 0 aliphatic heterocycles. The van der Waals surface area contributed by atoms with Gasteiger partial charge < -0.3 is 20.1 Å². The third-order valence-electron chi connectivity index (χ3n) is 3.54. The number of nitrogens with zero attached hydrogens (tertiary/aromatic N) is 2. The van der Waals surface area contributed by atoms with Crippen molar-refractivity contribution in [3.05, 3.63) is 12.4 Å². The Hall–Kier alpha value is -1.67. The fourth-order valence-electron chi connectivity index (χ4n) is 1.88. The molecule has 1 aromatic rings. The number of hydrogen-bond donors (Lipinski definition) is 2. The molecule has 7 nitrogen and oxygen atoms in total. The zero-order valence-corrected chi connectivity index (χ0v) is 15.7. The summed E-state index contributed by atoms with van der Waals surface area (Å²) in [6.07, 6.45) is 5.55. The Kier molecular flexibility index (Phi) is 8.70. The highest BCUT2D eigenvalue weighted by Crippen LogP contribution is 2.14. The molecule has 8 heteroatoms. The Labute approximate surface area is 149 Å². The summed E-state index contributed by atoms with van der Waals surface area (Å²) >= 11 is 5.22. The number of thiocarbonyl (C=S) groups is 1. The molecule has 0 unspecified atom stereocenters. The van der Waals surface area contributed by atoms with Gasteiger partial charge in [0.05, 0.1) is 24.1 Å². The predicted molar refractivity (Wildman–Crippen MR) is 98.0 cm³/mol. The second-order valence-corrected chi connectivity index (χ2v) is 6.40. The molecule has 0 aromatic carbocycles. The predicted octanol–water partition coefficient (Wildman–Crippen LogP) is 2.33. The standard InChI is InChI=1S/C16H28N4O3S/c1-5-23-14(21)7-6-9-17-15(24)19-13-11-18-20(12-13)10-8-16(2,3)22-4/h11-12H,5-10H2,1-4H3,(H2,17,19,24). The van der Waals surface area contributed by atoms with E-state index in [2.05, 4.69) is 15.7 Å². The van der Waals surface area contributed by atoms with Gasteiger partial charge in [-0.15, -0.1) is 0 Å². The molecular weight excluding hydrogens is 328 g/mol. The first-order valence-corrected chi connectivity index (χ1v) is 8.55. The van der Waals surface area contributed by atoms with Crippen LogP contribution >= 0.6 is 12.2 Å². The largest absolute Gasteiger partial charge is 0.466 e. The third-order valence-corrected chi connectivity index (χ3v) is 3.78. The van der Waals surface area contributed by atoms with Gasteiger partial charge in [0.1, 0.15) is 0 Å². The van der Waals surface area contributed by atoms with Crippen molar-refractivity contribution >= 4 is 29.0 Å². The molecule has 24 heavy (non-hydrogen) atoms. The highest BCUT2D eigenvalue weighted by atomic mass is 32.1. The number of nitrogens with one attached hydrogen (secondary N) is 2. The van der Waals surface area contributed by atoms with Crippen LogP contribution in [0.4, 0.5) is 5.69 Å². The minimum Gasteiger partial charge on any atom is -0.466 e. The Morgan fingerprint density at radius 2 is 2.21 bits per heavy atom. The van der Waals surface area contributed by atoms with E-state index in [1.807, 2.05) is 24.7 Å². The van der Waals surface area contributed by atoms with Gasteiger partial charge in [0.2, 0.25) is 0 Å². The quantitative estimate of drug-likeness (QED) is 0.378. The maximum Gasteiger partial charge on any atom is 0.305 e. The van der Waals surface area contributed by atoms with Gasteiger partial charge in [-0.25, -0.2) is 0 Å². The first-order valence-electron chi connectivity index (χ1n) is 8.14. The molecule has 0 aliphatic rings. The molecule has 1 heterocycles. The molecule has 0 fully saturated rings. The van der Waals surface area contributed by atoms with E-state index in [9.17, 15) is 4.79 Å². The molecule has 2 N–H and O–H groups in total. The molecule has 0 atom stereocenters. The summed E-state index contributed by atoms with van der Waals surface area (Å²) in [6.45, 7) is 7.68. The highest BCUT2D eigenvalue weighted by molar-refractivity contribution is 7.80. The lowest BCUT2D eigenvalue weighted by Crippen LogP contribution is -2.29. The van der Waals surface area contributed by atoms with Crippen molar-refractivity contribution in [2.75, 3.05) is 25.6 Å². The first-order chi connectivity index (χ1) is 11.4. The van der Waals surface area contributed by atoms with Gasteiger partial charge in [-0.1, -0.05) is 0 Å². The topological polar surface area (TPSA) is 77.4 Å². The number of carbonyl (C=O) groups excluding carboxylic acids is 1. The van der Waals surface area contributed by atoms with Crippen LogP contribution < -0.4 is 10.6 Å². The molecule has 0 spiro atoms. The van der Waals surface area contributed by atoms with Crippen molar-refractivity contribution in [2.24, 2.45) is 0 Å². The monoisotopic (exact) mass is 356 g/mol. The molecule has 0 bridgehead atoms. The fourth-order valence-corrected chi connectivity index (χ4v) is 2.10. The molecule has 0 saturated heterocycles. The fraction of sp³-hybridized carbons (Fsp3) is 0.688. The number of methoxy groups -OCH3 is 1. The second kappa shape index (κ2) is 10.2. The van der Waals surface area contributed by atoms with E-state index in [4.69, 9.17) is 21.7 Å². The Balaban J connectivity index is 2.26. The lowest BCUT2D eigenvalue weighted by molar-refractivity contribution is -0.143. The number of hydrogen-bond acceptors (Lipinski definition) is 5.